The third kappa shape index (κ3) is 5.28. The quantitative estimate of drug-likeness (QED) is 0.499. The van der Waals surface area contributed by atoms with Crippen LogP contribution in [0.3, 0.4) is 0 Å². The topological polar surface area (TPSA) is 136 Å². The average Bonchev–Trinajstić information content (AvgIpc) is 2.50. The fourth-order valence-corrected chi connectivity index (χ4v) is 3.17. The van der Waals surface area contributed by atoms with Crippen LogP contribution in [0.2, 0.25) is 10.0 Å². The van der Waals surface area contributed by atoms with E-state index >= 15 is 0 Å². The number of aliphatic hydroxyl groups excluding tert-OH is 1. The summed E-state index contributed by atoms with van der Waals surface area (Å²) < 4.78 is 22.9. The SMILES string of the molecule is NS(=O)(=O)c1cc(NCC(O)c2cc(Cl)cc(Cl)c2)cc([N+](=O)[O-])c1. The van der Waals surface area contributed by atoms with Crippen molar-refractivity contribution in [2.45, 2.75) is 11.0 Å². The Bertz CT molecular complexity index is 900. The molecule has 4 N–H and O–H groups in total. The maximum Gasteiger partial charge on any atom is 0.272 e. The second-order valence-electron chi connectivity index (χ2n) is 5.12. The zero-order valence-corrected chi connectivity index (χ0v) is 14.8. The highest BCUT2D eigenvalue weighted by atomic mass is 35.5. The van der Waals surface area contributed by atoms with Crippen molar-refractivity contribution >= 4 is 44.6 Å². The minimum atomic E-state index is -4.13. The summed E-state index contributed by atoms with van der Waals surface area (Å²) in [6.07, 6.45) is -1.03. The number of halogens is 2. The van der Waals surface area contributed by atoms with Crippen molar-refractivity contribution in [3.8, 4) is 0 Å². The molecule has 0 spiro atoms. The van der Waals surface area contributed by atoms with Gasteiger partial charge in [0.25, 0.3) is 5.69 Å². The smallest absolute Gasteiger partial charge is 0.272 e. The van der Waals surface area contributed by atoms with E-state index in [1.165, 1.54) is 18.2 Å². The third-order valence-corrected chi connectivity index (χ3v) is 4.53. The van der Waals surface area contributed by atoms with Gasteiger partial charge in [-0.05, 0) is 29.8 Å². The number of non-ortho nitro benzene ring substituents is 1. The average molecular weight is 406 g/mol. The maximum atomic E-state index is 11.4. The van der Waals surface area contributed by atoms with Crippen LogP contribution in [-0.2, 0) is 10.0 Å². The second-order valence-corrected chi connectivity index (χ2v) is 7.55. The first kappa shape index (κ1) is 19.4. The molecule has 1 unspecified atom stereocenters. The van der Waals surface area contributed by atoms with Crippen LogP contribution >= 0.6 is 23.2 Å². The van der Waals surface area contributed by atoms with Crippen molar-refractivity contribution in [3.63, 3.8) is 0 Å². The lowest BCUT2D eigenvalue weighted by Gasteiger charge is -2.14. The Morgan fingerprint density at radius 3 is 2.28 bits per heavy atom. The van der Waals surface area contributed by atoms with E-state index in [1.807, 2.05) is 0 Å². The summed E-state index contributed by atoms with van der Waals surface area (Å²) in [5.74, 6) is 0. The highest BCUT2D eigenvalue weighted by Crippen LogP contribution is 2.26. The molecule has 0 aliphatic heterocycles. The van der Waals surface area contributed by atoms with Crippen LogP contribution < -0.4 is 10.5 Å². The predicted molar refractivity (Wildman–Crippen MR) is 94.4 cm³/mol. The Morgan fingerprint density at radius 1 is 1.16 bits per heavy atom. The second kappa shape index (κ2) is 7.54. The zero-order chi connectivity index (χ0) is 18.8. The van der Waals surface area contributed by atoms with Crippen LogP contribution in [0.4, 0.5) is 11.4 Å². The number of benzene rings is 2. The van der Waals surface area contributed by atoms with Gasteiger partial charge in [-0.25, -0.2) is 13.6 Å². The molecule has 2 aromatic carbocycles. The Kier molecular flexibility index (Phi) is 5.86. The molecule has 0 fully saturated rings. The van der Waals surface area contributed by atoms with Gasteiger partial charge in [-0.1, -0.05) is 23.2 Å². The number of primary sulfonamides is 1. The Labute approximate surface area is 153 Å². The number of nitro benzene ring substituents is 1. The molecule has 2 rings (SSSR count). The monoisotopic (exact) mass is 405 g/mol. The lowest BCUT2D eigenvalue weighted by molar-refractivity contribution is -0.385. The van der Waals surface area contributed by atoms with E-state index in [2.05, 4.69) is 5.32 Å². The van der Waals surface area contributed by atoms with E-state index in [1.54, 1.807) is 0 Å². The summed E-state index contributed by atoms with van der Waals surface area (Å²) >= 11 is 11.7. The van der Waals surface area contributed by atoms with Gasteiger partial charge in [0.1, 0.15) is 0 Å². The number of rotatable bonds is 6. The highest BCUT2D eigenvalue weighted by molar-refractivity contribution is 7.89. The number of nitrogens with zero attached hydrogens (tertiary/aromatic N) is 1. The van der Waals surface area contributed by atoms with Gasteiger partial charge < -0.3 is 10.4 Å². The first-order valence-electron chi connectivity index (χ1n) is 6.76. The summed E-state index contributed by atoms with van der Waals surface area (Å²) in [4.78, 5) is 9.77. The molecule has 0 aliphatic carbocycles. The number of nitrogens with two attached hydrogens (primary N) is 1. The molecule has 0 heterocycles. The summed E-state index contributed by atoms with van der Waals surface area (Å²) in [6, 6.07) is 7.66. The molecule has 25 heavy (non-hydrogen) atoms. The summed E-state index contributed by atoms with van der Waals surface area (Å²) in [7, 11) is -4.13. The van der Waals surface area contributed by atoms with E-state index < -0.39 is 31.6 Å². The standard InChI is InChI=1S/C14H13Cl2N3O5S/c15-9-1-8(2-10(16)3-9)14(20)7-18-11-4-12(19(21)22)6-13(5-11)25(17,23)24/h1-6,14,18,20H,7H2,(H2,17,23,24). The van der Waals surface area contributed by atoms with Gasteiger partial charge in [0.05, 0.1) is 15.9 Å². The Balaban J connectivity index is 2.24. The predicted octanol–water partition coefficient (Wildman–Crippen LogP) is 2.69. The molecule has 2 aromatic rings. The van der Waals surface area contributed by atoms with Gasteiger partial charge in [-0.3, -0.25) is 10.1 Å². The van der Waals surface area contributed by atoms with Gasteiger partial charge in [0.15, 0.2) is 0 Å². The van der Waals surface area contributed by atoms with Gasteiger partial charge in [-0.15, -0.1) is 0 Å². The van der Waals surface area contributed by atoms with E-state index in [-0.39, 0.29) is 12.2 Å². The number of aliphatic hydroxyl groups is 1. The molecule has 8 nitrogen and oxygen atoms in total. The van der Waals surface area contributed by atoms with Crippen molar-refractivity contribution in [1.82, 2.24) is 0 Å². The summed E-state index contributed by atoms with van der Waals surface area (Å²) in [5, 5.41) is 29.5. The minimum absolute atomic E-state index is 0.0676. The minimum Gasteiger partial charge on any atom is -0.387 e. The van der Waals surface area contributed by atoms with Gasteiger partial charge in [0, 0.05) is 34.4 Å². The molecule has 0 aliphatic rings. The summed E-state index contributed by atoms with van der Waals surface area (Å²) in [6.45, 7) is -0.0676. The fourth-order valence-electron chi connectivity index (χ4n) is 2.06. The third-order valence-electron chi connectivity index (χ3n) is 3.20. The van der Waals surface area contributed by atoms with Gasteiger partial charge >= 0.3 is 0 Å². The van der Waals surface area contributed by atoms with E-state index in [9.17, 15) is 23.6 Å². The number of anilines is 1. The van der Waals surface area contributed by atoms with Crippen molar-refractivity contribution in [3.05, 3.63) is 62.1 Å². The number of nitrogens with one attached hydrogen (secondary N) is 1. The summed E-state index contributed by atoms with van der Waals surface area (Å²) in [5.41, 5.74) is 0.0989. The molecular weight excluding hydrogens is 393 g/mol. The molecule has 0 bridgehead atoms. The van der Waals surface area contributed by atoms with E-state index in [4.69, 9.17) is 28.3 Å². The molecule has 1 atom stereocenters. The van der Waals surface area contributed by atoms with Gasteiger partial charge in [-0.2, -0.15) is 0 Å². The number of hydrogen-bond acceptors (Lipinski definition) is 6. The lowest BCUT2D eigenvalue weighted by Crippen LogP contribution is -2.15. The number of sulfonamides is 1. The molecule has 0 aromatic heterocycles. The van der Waals surface area contributed by atoms with E-state index in [0.717, 1.165) is 18.2 Å². The fraction of sp³-hybridized carbons (Fsp3) is 0.143. The normalized spacial score (nSPS) is 12.6. The molecule has 134 valence electrons. The van der Waals surface area contributed by atoms with Crippen LogP contribution in [0.1, 0.15) is 11.7 Å². The molecule has 0 saturated heterocycles. The molecular formula is C14H13Cl2N3O5S. The van der Waals surface area contributed by atoms with Crippen molar-refractivity contribution < 1.29 is 18.4 Å². The van der Waals surface area contributed by atoms with Crippen LogP contribution in [0, 0.1) is 10.1 Å². The van der Waals surface area contributed by atoms with E-state index in [0.29, 0.717) is 15.6 Å². The Morgan fingerprint density at radius 2 is 1.76 bits per heavy atom. The largest absolute Gasteiger partial charge is 0.387 e. The van der Waals surface area contributed by atoms with Crippen LogP contribution in [0.5, 0.6) is 0 Å². The van der Waals surface area contributed by atoms with Gasteiger partial charge in [0.2, 0.25) is 10.0 Å². The highest BCUT2D eigenvalue weighted by Gasteiger charge is 2.17. The van der Waals surface area contributed by atoms with Crippen LogP contribution in [-0.4, -0.2) is 25.0 Å². The van der Waals surface area contributed by atoms with Crippen molar-refractivity contribution in [2.24, 2.45) is 5.14 Å². The molecule has 0 amide bonds. The zero-order valence-electron chi connectivity index (χ0n) is 12.5. The Hall–Kier alpha value is -1.91. The molecule has 0 saturated carbocycles. The maximum absolute atomic E-state index is 11.4. The molecule has 11 heteroatoms. The van der Waals surface area contributed by atoms with Crippen LogP contribution in [0.25, 0.3) is 0 Å². The number of nitro groups is 1. The van der Waals surface area contributed by atoms with Crippen LogP contribution in [0.15, 0.2) is 41.3 Å². The van der Waals surface area contributed by atoms with Crippen molar-refractivity contribution in [1.29, 1.82) is 0 Å². The first-order valence-corrected chi connectivity index (χ1v) is 9.06. The first-order chi connectivity index (χ1) is 11.6. The van der Waals surface area contributed by atoms with Crippen molar-refractivity contribution in [2.75, 3.05) is 11.9 Å². The molecule has 0 radical (unpaired) electrons. The lowest BCUT2D eigenvalue weighted by atomic mass is 10.1. The number of hydrogen-bond donors (Lipinski definition) is 3.